The fraction of sp³-hybridized carbons (Fsp3) is 0.562. The smallest absolute Gasteiger partial charge is 0.243 e. The summed E-state index contributed by atoms with van der Waals surface area (Å²) in [6.07, 6.45) is 2.48. The molecule has 4 nitrogen and oxygen atoms in total. The Labute approximate surface area is 135 Å². The van der Waals surface area contributed by atoms with Crippen molar-refractivity contribution in [2.75, 3.05) is 18.4 Å². The van der Waals surface area contributed by atoms with Crippen LogP contribution in [0.15, 0.2) is 28.7 Å². The monoisotopic (exact) mass is 353 g/mol. The summed E-state index contributed by atoms with van der Waals surface area (Å²) in [5.74, 6) is -0.260. The molecule has 1 aliphatic rings. The Kier molecular flexibility index (Phi) is 5.27. The molecular formula is C16H24BrN3O. The van der Waals surface area contributed by atoms with Crippen LogP contribution in [0.2, 0.25) is 0 Å². The number of carbonyl (C=O) groups is 1. The van der Waals surface area contributed by atoms with Gasteiger partial charge in [0.05, 0.1) is 0 Å². The van der Waals surface area contributed by atoms with Crippen molar-refractivity contribution in [2.45, 2.75) is 44.7 Å². The van der Waals surface area contributed by atoms with Crippen LogP contribution in [0.1, 0.15) is 33.1 Å². The maximum atomic E-state index is 12.1. The van der Waals surface area contributed by atoms with E-state index in [1.807, 2.05) is 24.3 Å². The lowest BCUT2D eigenvalue weighted by atomic mass is 9.89. The molecule has 0 aliphatic carbocycles. The zero-order chi connectivity index (χ0) is 15.5. The van der Waals surface area contributed by atoms with Gasteiger partial charge in [0.15, 0.2) is 0 Å². The van der Waals surface area contributed by atoms with Crippen molar-refractivity contribution in [2.24, 2.45) is 5.73 Å². The zero-order valence-corrected chi connectivity index (χ0v) is 14.3. The van der Waals surface area contributed by atoms with Gasteiger partial charge in [0.25, 0.3) is 0 Å². The Morgan fingerprint density at radius 2 is 2.05 bits per heavy atom. The minimum Gasteiger partial charge on any atom is -0.370 e. The van der Waals surface area contributed by atoms with E-state index in [-0.39, 0.29) is 5.91 Å². The molecule has 116 valence electrons. The van der Waals surface area contributed by atoms with Crippen LogP contribution in [0.25, 0.3) is 0 Å². The third-order valence-corrected chi connectivity index (χ3v) is 5.02. The van der Waals surface area contributed by atoms with Crippen LogP contribution in [0.4, 0.5) is 5.69 Å². The Balaban J connectivity index is 2.21. The van der Waals surface area contributed by atoms with Crippen molar-refractivity contribution >= 4 is 27.5 Å². The normalized spacial score (nSPS) is 23.8. The highest BCUT2D eigenvalue weighted by atomic mass is 79.9. The highest BCUT2D eigenvalue weighted by molar-refractivity contribution is 9.10. The van der Waals surface area contributed by atoms with Gasteiger partial charge in [-0.3, -0.25) is 4.79 Å². The van der Waals surface area contributed by atoms with Gasteiger partial charge < -0.3 is 16.0 Å². The highest BCUT2D eigenvalue weighted by Crippen LogP contribution is 2.31. The molecule has 1 saturated heterocycles. The fourth-order valence-corrected chi connectivity index (χ4v) is 3.31. The molecule has 2 rings (SSSR count). The molecular weight excluding hydrogens is 330 g/mol. The van der Waals surface area contributed by atoms with E-state index >= 15 is 0 Å². The van der Waals surface area contributed by atoms with E-state index in [9.17, 15) is 4.79 Å². The molecule has 0 saturated carbocycles. The minimum absolute atomic E-state index is 0.260. The number of amides is 1. The number of halogens is 1. The van der Waals surface area contributed by atoms with E-state index in [4.69, 9.17) is 5.73 Å². The molecule has 3 N–H and O–H groups in total. The van der Waals surface area contributed by atoms with Crippen LogP contribution in [-0.4, -0.2) is 35.5 Å². The molecule has 1 atom stereocenters. The second-order valence-corrected chi connectivity index (χ2v) is 6.89. The summed E-state index contributed by atoms with van der Waals surface area (Å²) < 4.78 is 0.954. The molecule has 0 aromatic heterocycles. The van der Waals surface area contributed by atoms with Gasteiger partial charge >= 0.3 is 0 Å². The number of primary amides is 1. The number of likely N-dealkylation sites (tertiary alicyclic amines) is 1. The van der Waals surface area contributed by atoms with Gasteiger partial charge in [-0.05, 0) is 67.7 Å². The standard InChI is InChI=1S/C16H24BrN3O/c1-12(2)20-10-5-8-16(9-11-20,15(18)21)19-14-7-4-3-6-13(14)17/h3-4,6-7,12,19H,5,8-11H2,1-2H3,(H2,18,21). The maximum absolute atomic E-state index is 12.1. The first-order valence-corrected chi connectivity index (χ1v) is 8.30. The van der Waals surface area contributed by atoms with Crippen molar-refractivity contribution < 1.29 is 4.79 Å². The first kappa shape index (κ1) is 16.3. The summed E-state index contributed by atoms with van der Waals surface area (Å²) in [4.78, 5) is 14.6. The van der Waals surface area contributed by atoms with Crippen molar-refractivity contribution in [3.8, 4) is 0 Å². The Morgan fingerprint density at radius 1 is 1.33 bits per heavy atom. The largest absolute Gasteiger partial charge is 0.370 e. The summed E-state index contributed by atoms with van der Waals surface area (Å²) in [5, 5.41) is 3.41. The molecule has 1 heterocycles. The molecule has 1 aromatic rings. The van der Waals surface area contributed by atoms with E-state index in [1.54, 1.807) is 0 Å². The molecule has 0 spiro atoms. The zero-order valence-electron chi connectivity index (χ0n) is 12.7. The van der Waals surface area contributed by atoms with Crippen LogP contribution < -0.4 is 11.1 Å². The van der Waals surface area contributed by atoms with Crippen molar-refractivity contribution in [3.63, 3.8) is 0 Å². The second-order valence-electron chi connectivity index (χ2n) is 6.03. The molecule has 1 fully saturated rings. The minimum atomic E-state index is -0.659. The van der Waals surface area contributed by atoms with Gasteiger partial charge in [0.2, 0.25) is 5.91 Å². The number of nitrogens with zero attached hydrogens (tertiary/aromatic N) is 1. The molecule has 0 bridgehead atoms. The van der Waals surface area contributed by atoms with Gasteiger partial charge in [0, 0.05) is 22.7 Å². The summed E-state index contributed by atoms with van der Waals surface area (Å²) in [6.45, 7) is 6.29. The molecule has 1 aromatic carbocycles. The number of nitrogens with two attached hydrogens (primary N) is 1. The Hall–Kier alpha value is -1.07. The van der Waals surface area contributed by atoms with Crippen LogP contribution >= 0.6 is 15.9 Å². The lowest BCUT2D eigenvalue weighted by Crippen LogP contribution is -2.51. The molecule has 1 amide bonds. The average molecular weight is 354 g/mol. The number of anilines is 1. The van der Waals surface area contributed by atoms with E-state index in [0.29, 0.717) is 6.04 Å². The first-order chi connectivity index (χ1) is 9.94. The van der Waals surface area contributed by atoms with Gasteiger partial charge in [-0.15, -0.1) is 0 Å². The number of carbonyl (C=O) groups excluding carboxylic acids is 1. The summed E-state index contributed by atoms with van der Waals surface area (Å²) in [7, 11) is 0. The molecule has 5 heteroatoms. The second kappa shape index (κ2) is 6.79. The average Bonchev–Trinajstić information content (AvgIpc) is 2.65. The van der Waals surface area contributed by atoms with Crippen molar-refractivity contribution in [1.82, 2.24) is 4.90 Å². The molecule has 21 heavy (non-hydrogen) atoms. The number of hydrogen-bond acceptors (Lipinski definition) is 3. The van der Waals surface area contributed by atoms with Crippen LogP contribution in [0.5, 0.6) is 0 Å². The van der Waals surface area contributed by atoms with Crippen LogP contribution in [0.3, 0.4) is 0 Å². The number of benzene rings is 1. The van der Waals surface area contributed by atoms with Crippen molar-refractivity contribution in [1.29, 1.82) is 0 Å². The SMILES string of the molecule is CC(C)N1CCCC(Nc2ccccc2Br)(C(N)=O)CC1. The Bertz CT molecular complexity index is 506. The lowest BCUT2D eigenvalue weighted by molar-refractivity contribution is -0.122. The van der Waals surface area contributed by atoms with Crippen molar-refractivity contribution in [3.05, 3.63) is 28.7 Å². The summed E-state index contributed by atoms with van der Waals surface area (Å²) in [6, 6.07) is 8.35. The van der Waals surface area contributed by atoms with Gasteiger partial charge in [-0.25, -0.2) is 0 Å². The summed E-state index contributed by atoms with van der Waals surface area (Å²) >= 11 is 3.53. The third-order valence-electron chi connectivity index (χ3n) is 4.32. The van der Waals surface area contributed by atoms with E-state index < -0.39 is 5.54 Å². The molecule has 1 unspecified atom stereocenters. The van der Waals surface area contributed by atoms with Gasteiger partial charge in [0.1, 0.15) is 5.54 Å². The van der Waals surface area contributed by atoms with Gasteiger partial charge in [-0.1, -0.05) is 12.1 Å². The number of rotatable bonds is 4. The summed E-state index contributed by atoms with van der Waals surface area (Å²) in [5.41, 5.74) is 6.02. The quantitative estimate of drug-likeness (QED) is 0.874. The maximum Gasteiger partial charge on any atom is 0.243 e. The van der Waals surface area contributed by atoms with Crippen LogP contribution in [0, 0.1) is 0 Å². The Morgan fingerprint density at radius 3 is 2.67 bits per heavy atom. The number of hydrogen-bond donors (Lipinski definition) is 2. The van der Waals surface area contributed by atoms with E-state index in [2.05, 4.69) is 40.0 Å². The topological polar surface area (TPSA) is 58.4 Å². The predicted molar refractivity (Wildman–Crippen MR) is 90.3 cm³/mol. The highest BCUT2D eigenvalue weighted by Gasteiger charge is 2.38. The predicted octanol–water partition coefficient (Wildman–Crippen LogP) is 2.98. The van der Waals surface area contributed by atoms with E-state index in [1.165, 1.54) is 0 Å². The van der Waals surface area contributed by atoms with Gasteiger partial charge in [-0.2, -0.15) is 0 Å². The first-order valence-electron chi connectivity index (χ1n) is 7.51. The molecule has 0 radical (unpaired) electrons. The number of nitrogens with one attached hydrogen (secondary N) is 1. The molecule has 1 aliphatic heterocycles. The number of para-hydroxylation sites is 1. The fourth-order valence-electron chi connectivity index (χ4n) is 2.92. The lowest BCUT2D eigenvalue weighted by Gasteiger charge is -2.32. The third kappa shape index (κ3) is 3.77. The van der Waals surface area contributed by atoms with Crippen LogP contribution in [-0.2, 0) is 4.79 Å². The van der Waals surface area contributed by atoms with E-state index in [0.717, 1.165) is 42.5 Å².